The number of hydrogen-bond donors (Lipinski definition) is 0. The number of benzene rings is 1. The molecule has 1 aliphatic heterocycles. The third kappa shape index (κ3) is 3.07. The summed E-state index contributed by atoms with van der Waals surface area (Å²) in [5.74, 6) is -0.110. The highest BCUT2D eigenvalue weighted by Gasteiger charge is 2.33. The first kappa shape index (κ1) is 14.4. The summed E-state index contributed by atoms with van der Waals surface area (Å²) in [4.78, 5) is 18.7. The lowest BCUT2D eigenvalue weighted by atomic mass is 10.2. The van der Waals surface area contributed by atoms with Crippen LogP contribution in [0.2, 0.25) is 0 Å². The first-order valence-electron chi connectivity index (χ1n) is 6.09. The summed E-state index contributed by atoms with van der Waals surface area (Å²) in [7, 11) is 0. The fourth-order valence-corrected chi connectivity index (χ4v) is 3.45. The predicted octanol–water partition coefficient (Wildman–Crippen LogP) is 4.25. The maximum atomic E-state index is 12.5. The minimum atomic E-state index is -0.110. The molecule has 1 saturated heterocycles. The van der Waals surface area contributed by atoms with E-state index >= 15 is 0 Å². The van der Waals surface area contributed by atoms with E-state index in [-0.39, 0.29) is 5.91 Å². The van der Waals surface area contributed by atoms with Gasteiger partial charge < -0.3 is 0 Å². The van der Waals surface area contributed by atoms with Crippen LogP contribution in [0.5, 0.6) is 0 Å². The molecule has 0 aliphatic carbocycles. The van der Waals surface area contributed by atoms with Gasteiger partial charge in [0.05, 0.1) is 16.8 Å². The molecule has 1 amide bonds. The summed E-state index contributed by atoms with van der Waals surface area (Å²) < 4.78 is 1.53. The molecule has 1 aliphatic rings. The zero-order valence-electron chi connectivity index (χ0n) is 10.7. The molecular formula is C15H9BrN2OS2. The van der Waals surface area contributed by atoms with Crippen molar-refractivity contribution in [3.63, 3.8) is 0 Å². The number of carbonyl (C=O) groups is 1. The lowest BCUT2D eigenvalue weighted by molar-refractivity contribution is -0.113. The quantitative estimate of drug-likeness (QED) is 0.579. The Hall–Kier alpha value is -1.50. The average Bonchev–Trinajstić information content (AvgIpc) is 2.77. The fourth-order valence-electron chi connectivity index (χ4n) is 1.89. The van der Waals surface area contributed by atoms with Crippen LogP contribution in [0.4, 0.5) is 5.69 Å². The smallest absolute Gasteiger partial charge is 0.268 e. The molecule has 0 radical (unpaired) electrons. The summed E-state index contributed by atoms with van der Waals surface area (Å²) in [6.45, 7) is 0. The van der Waals surface area contributed by atoms with Crippen molar-refractivity contribution < 1.29 is 4.79 Å². The van der Waals surface area contributed by atoms with Gasteiger partial charge in [-0.3, -0.25) is 14.7 Å². The summed E-state index contributed by atoms with van der Waals surface area (Å²) in [6, 6.07) is 11.4. The molecule has 0 saturated carbocycles. The average molecular weight is 377 g/mol. The topological polar surface area (TPSA) is 33.2 Å². The molecule has 2 heterocycles. The van der Waals surface area contributed by atoms with E-state index in [1.807, 2.05) is 36.4 Å². The maximum absolute atomic E-state index is 12.5. The summed E-state index contributed by atoms with van der Waals surface area (Å²) in [5.41, 5.74) is 1.66. The van der Waals surface area contributed by atoms with Crippen LogP contribution in [0.15, 0.2) is 58.2 Å². The van der Waals surface area contributed by atoms with E-state index in [9.17, 15) is 4.79 Å². The van der Waals surface area contributed by atoms with Gasteiger partial charge in [0.2, 0.25) is 0 Å². The number of pyridine rings is 1. The number of hydrogen-bond acceptors (Lipinski definition) is 4. The van der Waals surface area contributed by atoms with Crippen molar-refractivity contribution in [2.24, 2.45) is 0 Å². The Labute approximate surface area is 140 Å². The molecule has 104 valence electrons. The first-order chi connectivity index (χ1) is 10.1. The molecule has 0 atom stereocenters. The van der Waals surface area contributed by atoms with Crippen LogP contribution in [-0.4, -0.2) is 15.2 Å². The Kier molecular flexibility index (Phi) is 4.19. The van der Waals surface area contributed by atoms with Crippen molar-refractivity contribution in [3.8, 4) is 0 Å². The van der Waals surface area contributed by atoms with Gasteiger partial charge in [-0.25, -0.2) is 0 Å². The van der Waals surface area contributed by atoms with Crippen LogP contribution >= 0.6 is 39.9 Å². The largest absolute Gasteiger partial charge is 0.270 e. The number of aromatic nitrogens is 1. The summed E-state index contributed by atoms with van der Waals surface area (Å²) in [6.07, 6.45) is 5.15. The van der Waals surface area contributed by atoms with Crippen molar-refractivity contribution in [2.75, 3.05) is 4.90 Å². The van der Waals surface area contributed by atoms with Crippen LogP contribution in [0.3, 0.4) is 0 Å². The van der Waals surface area contributed by atoms with E-state index in [1.165, 1.54) is 16.7 Å². The highest BCUT2D eigenvalue weighted by Crippen LogP contribution is 2.35. The van der Waals surface area contributed by atoms with Crippen LogP contribution in [0.25, 0.3) is 6.08 Å². The molecular weight excluding hydrogens is 368 g/mol. The molecule has 0 N–H and O–H groups in total. The minimum Gasteiger partial charge on any atom is -0.268 e. The van der Waals surface area contributed by atoms with E-state index in [2.05, 4.69) is 20.9 Å². The van der Waals surface area contributed by atoms with E-state index in [4.69, 9.17) is 12.2 Å². The number of nitrogens with zero attached hydrogens (tertiary/aromatic N) is 2. The normalized spacial score (nSPS) is 16.8. The maximum Gasteiger partial charge on any atom is 0.270 e. The Bertz CT molecular complexity index is 729. The van der Waals surface area contributed by atoms with Gasteiger partial charge in [-0.1, -0.05) is 52.0 Å². The lowest BCUT2D eigenvalue weighted by Crippen LogP contribution is -2.27. The van der Waals surface area contributed by atoms with Crippen molar-refractivity contribution in [1.82, 2.24) is 4.98 Å². The Balaban J connectivity index is 1.92. The van der Waals surface area contributed by atoms with Gasteiger partial charge in [-0.2, -0.15) is 0 Å². The number of carbonyl (C=O) groups excluding carboxylic acids is 1. The van der Waals surface area contributed by atoms with E-state index in [0.29, 0.717) is 14.9 Å². The fraction of sp³-hybridized carbons (Fsp3) is 0. The van der Waals surface area contributed by atoms with Gasteiger partial charge in [0, 0.05) is 10.7 Å². The van der Waals surface area contributed by atoms with E-state index in [1.54, 1.807) is 18.5 Å². The van der Waals surface area contributed by atoms with Gasteiger partial charge in [0.15, 0.2) is 4.32 Å². The van der Waals surface area contributed by atoms with Gasteiger partial charge in [-0.15, -0.1) is 0 Å². The highest BCUT2D eigenvalue weighted by molar-refractivity contribution is 9.10. The lowest BCUT2D eigenvalue weighted by Gasteiger charge is -2.13. The molecule has 0 bridgehead atoms. The first-order valence-corrected chi connectivity index (χ1v) is 8.10. The monoisotopic (exact) mass is 376 g/mol. The Morgan fingerprint density at radius 2 is 2.00 bits per heavy atom. The predicted molar refractivity (Wildman–Crippen MR) is 94.0 cm³/mol. The van der Waals surface area contributed by atoms with E-state index in [0.717, 1.165) is 10.0 Å². The third-order valence-electron chi connectivity index (χ3n) is 2.87. The molecule has 3 rings (SSSR count). The molecule has 1 aromatic carbocycles. The molecule has 3 nitrogen and oxygen atoms in total. The van der Waals surface area contributed by atoms with Crippen molar-refractivity contribution in [3.05, 3.63) is 63.7 Å². The molecule has 1 aromatic heterocycles. The molecule has 6 heteroatoms. The van der Waals surface area contributed by atoms with Crippen molar-refractivity contribution in [2.45, 2.75) is 0 Å². The SMILES string of the molecule is O=C1/C(=C/c2ccc(Br)cc2)SC(=S)N1c1cccnc1. The third-order valence-corrected chi connectivity index (χ3v) is 4.70. The molecule has 0 unspecified atom stereocenters. The standard InChI is InChI=1S/C15H9BrN2OS2/c16-11-5-3-10(4-6-11)8-13-14(19)18(15(20)21-13)12-2-1-7-17-9-12/h1-9H/b13-8-. The Morgan fingerprint density at radius 1 is 1.24 bits per heavy atom. The number of amides is 1. The van der Waals surface area contributed by atoms with Crippen molar-refractivity contribution in [1.29, 1.82) is 0 Å². The number of thioether (sulfide) groups is 1. The summed E-state index contributed by atoms with van der Waals surface area (Å²) >= 11 is 10.0. The molecule has 2 aromatic rings. The number of halogens is 1. The highest BCUT2D eigenvalue weighted by atomic mass is 79.9. The molecule has 0 spiro atoms. The van der Waals surface area contributed by atoms with Gasteiger partial charge in [-0.05, 0) is 35.9 Å². The van der Waals surface area contributed by atoms with Crippen LogP contribution < -0.4 is 4.90 Å². The molecule has 1 fully saturated rings. The second-order valence-electron chi connectivity index (χ2n) is 4.28. The summed E-state index contributed by atoms with van der Waals surface area (Å²) in [5, 5.41) is 0. The minimum absolute atomic E-state index is 0.110. The van der Waals surface area contributed by atoms with Crippen LogP contribution in [-0.2, 0) is 4.79 Å². The zero-order chi connectivity index (χ0) is 14.8. The second kappa shape index (κ2) is 6.09. The van der Waals surface area contributed by atoms with E-state index < -0.39 is 0 Å². The second-order valence-corrected chi connectivity index (χ2v) is 6.87. The number of anilines is 1. The van der Waals surface area contributed by atoms with Gasteiger partial charge in [0.25, 0.3) is 5.91 Å². The Morgan fingerprint density at radius 3 is 2.67 bits per heavy atom. The van der Waals surface area contributed by atoms with Crippen LogP contribution in [0, 0.1) is 0 Å². The van der Waals surface area contributed by atoms with Gasteiger partial charge >= 0.3 is 0 Å². The van der Waals surface area contributed by atoms with Crippen LogP contribution in [0.1, 0.15) is 5.56 Å². The number of thiocarbonyl (C=S) groups is 1. The van der Waals surface area contributed by atoms with Gasteiger partial charge in [0.1, 0.15) is 0 Å². The zero-order valence-corrected chi connectivity index (χ0v) is 13.9. The van der Waals surface area contributed by atoms with Crippen molar-refractivity contribution >= 4 is 61.9 Å². The molecule has 21 heavy (non-hydrogen) atoms. The number of rotatable bonds is 2.